The molecule has 5 heteroatoms. The second kappa shape index (κ2) is 8.49. The van der Waals surface area contributed by atoms with E-state index in [9.17, 15) is 0 Å². The van der Waals surface area contributed by atoms with Crippen LogP contribution >= 0.6 is 11.8 Å². The van der Waals surface area contributed by atoms with Crippen LogP contribution in [0, 0.1) is 0 Å². The quantitative estimate of drug-likeness (QED) is 0.500. The average molecular weight is 370 g/mol. The van der Waals surface area contributed by atoms with Crippen molar-refractivity contribution in [3.8, 4) is 16.9 Å². The minimum Gasteiger partial charge on any atom is -0.497 e. The second-order valence-corrected chi connectivity index (χ2v) is 7.07. The molecular formula is C21H27N3OS. The minimum atomic E-state index is 0.867. The first-order valence-corrected chi connectivity index (χ1v) is 10.4. The molecule has 0 spiro atoms. The number of hydrogen-bond acceptors (Lipinski definition) is 4. The summed E-state index contributed by atoms with van der Waals surface area (Å²) in [7, 11) is 1.69. The molecule has 0 saturated carbocycles. The van der Waals surface area contributed by atoms with Crippen molar-refractivity contribution in [2.24, 2.45) is 0 Å². The van der Waals surface area contributed by atoms with Gasteiger partial charge in [-0.2, -0.15) is 0 Å². The maximum Gasteiger partial charge on any atom is 0.147 e. The number of imidazole rings is 1. The van der Waals surface area contributed by atoms with Crippen LogP contribution in [0.3, 0.4) is 0 Å². The van der Waals surface area contributed by atoms with Gasteiger partial charge in [-0.1, -0.05) is 26.0 Å². The Labute approximate surface area is 160 Å². The van der Waals surface area contributed by atoms with Crippen molar-refractivity contribution in [3.63, 3.8) is 0 Å². The average Bonchev–Trinajstić information content (AvgIpc) is 3.06. The molecule has 0 aliphatic heterocycles. The zero-order valence-electron chi connectivity index (χ0n) is 16.0. The van der Waals surface area contributed by atoms with Crippen molar-refractivity contribution >= 4 is 23.2 Å². The van der Waals surface area contributed by atoms with Crippen LogP contribution in [0.15, 0.2) is 47.6 Å². The van der Waals surface area contributed by atoms with Gasteiger partial charge in [0.15, 0.2) is 0 Å². The molecule has 3 aromatic rings. The van der Waals surface area contributed by atoms with Crippen LogP contribution in [0.1, 0.15) is 26.7 Å². The molecule has 0 amide bonds. The standard InChI is InChI=1S/C21H27N3OS/c1-5-13-23(14-6-2)21-20(26-4)22-19-18(8-7-15-24(19)21)16-9-11-17(25-3)12-10-16/h7-12,15H,5-6,13-14H2,1-4H3. The molecule has 0 aliphatic carbocycles. The fourth-order valence-corrected chi connectivity index (χ4v) is 3.91. The Bertz CT molecular complexity index is 852. The van der Waals surface area contributed by atoms with Gasteiger partial charge in [-0.15, -0.1) is 11.8 Å². The summed E-state index contributed by atoms with van der Waals surface area (Å²) in [5.41, 5.74) is 3.30. The number of benzene rings is 1. The predicted molar refractivity (Wildman–Crippen MR) is 112 cm³/mol. The second-order valence-electron chi connectivity index (χ2n) is 6.28. The fraction of sp³-hybridized carbons (Fsp3) is 0.381. The van der Waals surface area contributed by atoms with E-state index in [1.807, 2.05) is 12.1 Å². The first-order chi connectivity index (χ1) is 12.7. The highest BCUT2D eigenvalue weighted by Crippen LogP contribution is 2.34. The van der Waals surface area contributed by atoms with E-state index in [0.717, 1.165) is 53.5 Å². The Morgan fingerprint density at radius 3 is 2.35 bits per heavy atom. The number of rotatable bonds is 8. The van der Waals surface area contributed by atoms with Gasteiger partial charge >= 0.3 is 0 Å². The molecule has 0 saturated heterocycles. The van der Waals surface area contributed by atoms with Gasteiger partial charge in [0.1, 0.15) is 22.2 Å². The lowest BCUT2D eigenvalue weighted by Gasteiger charge is -2.24. The summed E-state index contributed by atoms with van der Waals surface area (Å²) >= 11 is 1.72. The van der Waals surface area contributed by atoms with Gasteiger partial charge in [0, 0.05) is 24.8 Å². The molecule has 0 radical (unpaired) electrons. The van der Waals surface area contributed by atoms with Crippen molar-refractivity contribution in [2.75, 3.05) is 31.4 Å². The molecule has 138 valence electrons. The fourth-order valence-electron chi connectivity index (χ4n) is 3.32. The summed E-state index contributed by atoms with van der Waals surface area (Å²) in [5.74, 6) is 2.08. The molecular weight excluding hydrogens is 342 g/mol. The number of pyridine rings is 1. The number of anilines is 1. The van der Waals surface area contributed by atoms with Crippen molar-refractivity contribution in [1.29, 1.82) is 0 Å². The van der Waals surface area contributed by atoms with Gasteiger partial charge in [0.05, 0.1) is 7.11 Å². The topological polar surface area (TPSA) is 29.8 Å². The summed E-state index contributed by atoms with van der Waals surface area (Å²) in [6.07, 6.45) is 6.48. The molecule has 1 aromatic carbocycles. The first kappa shape index (κ1) is 18.6. The third-order valence-corrected chi connectivity index (χ3v) is 5.14. The zero-order valence-corrected chi connectivity index (χ0v) is 16.8. The molecule has 0 atom stereocenters. The number of nitrogens with zero attached hydrogens (tertiary/aromatic N) is 3. The number of hydrogen-bond donors (Lipinski definition) is 0. The van der Waals surface area contributed by atoms with Crippen molar-refractivity contribution in [2.45, 2.75) is 31.7 Å². The van der Waals surface area contributed by atoms with Crippen LogP contribution < -0.4 is 9.64 Å². The van der Waals surface area contributed by atoms with Crippen molar-refractivity contribution in [1.82, 2.24) is 9.38 Å². The normalized spacial score (nSPS) is 11.1. The third kappa shape index (κ3) is 3.54. The van der Waals surface area contributed by atoms with Crippen LogP contribution in [-0.2, 0) is 0 Å². The molecule has 2 heterocycles. The van der Waals surface area contributed by atoms with E-state index < -0.39 is 0 Å². The lowest BCUT2D eigenvalue weighted by molar-refractivity contribution is 0.415. The van der Waals surface area contributed by atoms with E-state index in [1.165, 1.54) is 5.82 Å². The number of ether oxygens (including phenoxy) is 1. The first-order valence-electron chi connectivity index (χ1n) is 9.17. The van der Waals surface area contributed by atoms with E-state index in [-0.39, 0.29) is 0 Å². The Kier molecular flexibility index (Phi) is 6.09. The van der Waals surface area contributed by atoms with Crippen LogP contribution in [0.2, 0.25) is 0 Å². The van der Waals surface area contributed by atoms with E-state index in [0.29, 0.717) is 0 Å². The van der Waals surface area contributed by atoms with E-state index in [2.05, 4.69) is 59.9 Å². The molecule has 0 unspecified atom stereocenters. The third-order valence-electron chi connectivity index (χ3n) is 4.47. The molecule has 0 fully saturated rings. The van der Waals surface area contributed by atoms with Gasteiger partial charge in [0.2, 0.25) is 0 Å². The summed E-state index contributed by atoms with van der Waals surface area (Å²) < 4.78 is 7.53. The Morgan fingerprint density at radius 1 is 1.08 bits per heavy atom. The summed E-state index contributed by atoms with van der Waals surface area (Å²) in [6, 6.07) is 12.4. The van der Waals surface area contributed by atoms with Crippen LogP contribution in [0.4, 0.5) is 5.82 Å². The van der Waals surface area contributed by atoms with Crippen molar-refractivity contribution in [3.05, 3.63) is 42.6 Å². The predicted octanol–water partition coefficient (Wildman–Crippen LogP) is 5.36. The lowest BCUT2D eigenvalue weighted by Crippen LogP contribution is -2.26. The van der Waals surface area contributed by atoms with Gasteiger partial charge in [-0.3, -0.25) is 4.40 Å². The van der Waals surface area contributed by atoms with E-state index in [4.69, 9.17) is 9.72 Å². The molecule has 4 nitrogen and oxygen atoms in total. The Hall–Kier alpha value is -2.14. The van der Waals surface area contributed by atoms with Gasteiger partial charge in [0.25, 0.3) is 0 Å². The van der Waals surface area contributed by atoms with Gasteiger partial charge in [-0.25, -0.2) is 4.98 Å². The van der Waals surface area contributed by atoms with Crippen molar-refractivity contribution < 1.29 is 4.74 Å². The van der Waals surface area contributed by atoms with E-state index in [1.54, 1.807) is 18.9 Å². The minimum absolute atomic E-state index is 0.867. The highest BCUT2D eigenvalue weighted by Gasteiger charge is 2.19. The molecule has 2 aromatic heterocycles. The molecule has 0 aliphatic rings. The summed E-state index contributed by atoms with van der Waals surface area (Å²) in [6.45, 7) is 6.55. The lowest BCUT2D eigenvalue weighted by atomic mass is 10.1. The summed E-state index contributed by atoms with van der Waals surface area (Å²) in [4.78, 5) is 7.45. The highest BCUT2D eigenvalue weighted by atomic mass is 32.2. The number of aromatic nitrogens is 2. The maximum atomic E-state index is 5.29. The largest absolute Gasteiger partial charge is 0.497 e. The van der Waals surface area contributed by atoms with Gasteiger partial charge < -0.3 is 9.64 Å². The van der Waals surface area contributed by atoms with Crippen LogP contribution in [0.5, 0.6) is 5.75 Å². The van der Waals surface area contributed by atoms with Crippen LogP contribution in [0.25, 0.3) is 16.8 Å². The number of thioether (sulfide) groups is 1. The maximum absolute atomic E-state index is 5.29. The zero-order chi connectivity index (χ0) is 18.5. The smallest absolute Gasteiger partial charge is 0.147 e. The Balaban J connectivity index is 2.15. The summed E-state index contributed by atoms with van der Waals surface area (Å²) in [5, 5.41) is 1.09. The molecule has 0 N–H and O–H groups in total. The van der Waals surface area contributed by atoms with Gasteiger partial charge in [-0.05, 0) is 48.9 Å². The monoisotopic (exact) mass is 369 g/mol. The van der Waals surface area contributed by atoms with Crippen LogP contribution in [-0.4, -0.2) is 35.8 Å². The van der Waals surface area contributed by atoms with E-state index >= 15 is 0 Å². The number of fused-ring (bicyclic) bond motifs is 1. The highest BCUT2D eigenvalue weighted by molar-refractivity contribution is 7.98. The molecule has 26 heavy (non-hydrogen) atoms. The number of methoxy groups -OCH3 is 1. The SMILES string of the molecule is CCCN(CCC)c1c(SC)nc2c(-c3ccc(OC)cc3)cccn12. The molecule has 3 rings (SSSR count). The Morgan fingerprint density at radius 2 is 1.77 bits per heavy atom. The molecule has 0 bridgehead atoms.